The van der Waals surface area contributed by atoms with Crippen LogP contribution in [0.15, 0.2) is 52.4 Å². The van der Waals surface area contributed by atoms with Crippen LogP contribution in [0.25, 0.3) is 0 Å². The molecule has 0 spiro atoms. The normalized spacial score (nSPS) is 11.8. The average molecular weight is 383 g/mol. The van der Waals surface area contributed by atoms with Gasteiger partial charge < -0.3 is 10.6 Å². The predicted octanol–water partition coefficient (Wildman–Crippen LogP) is 0.939. The minimum atomic E-state index is -3.69. The van der Waals surface area contributed by atoms with E-state index in [0.717, 1.165) is 18.6 Å². The molecular weight excluding hydrogens is 366 g/mol. The number of sulfone groups is 2. The molecule has 8 nitrogen and oxygen atoms in total. The van der Waals surface area contributed by atoms with E-state index in [4.69, 9.17) is 0 Å². The van der Waals surface area contributed by atoms with Gasteiger partial charge in [-0.15, -0.1) is 0 Å². The van der Waals surface area contributed by atoms with Gasteiger partial charge in [0.2, 0.25) is 5.91 Å². The topological polar surface area (TPSA) is 122 Å². The molecule has 25 heavy (non-hydrogen) atoms. The maximum atomic E-state index is 11.9. The summed E-state index contributed by atoms with van der Waals surface area (Å²) in [5, 5.41) is 5.25. The molecule has 1 heterocycles. The Kier molecular flexibility index (Phi) is 5.43. The molecule has 0 saturated carbocycles. The van der Waals surface area contributed by atoms with Crippen LogP contribution in [0, 0.1) is 0 Å². The van der Waals surface area contributed by atoms with Crippen LogP contribution >= 0.6 is 0 Å². The molecule has 2 rings (SSSR count). The molecule has 0 fully saturated rings. The van der Waals surface area contributed by atoms with Gasteiger partial charge in [0, 0.05) is 18.7 Å². The molecule has 0 atom stereocenters. The Hall–Kier alpha value is -2.46. The van der Waals surface area contributed by atoms with Crippen molar-refractivity contribution in [1.82, 2.24) is 4.98 Å². The molecule has 0 aliphatic carbocycles. The lowest BCUT2D eigenvalue weighted by molar-refractivity contribution is -0.114. The van der Waals surface area contributed by atoms with Gasteiger partial charge in [-0.25, -0.2) is 21.8 Å². The van der Waals surface area contributed by atoms with Gasteiger partial charge in [0.05, 0.1) is 22.0 Å². The monoisotopic (exact) mass is 383 g/mol. The lowest BCUT2D eigenvalue weighted by atomic mass is 10.3. The fourth-order valence-electron chi connectivity index (χ4n) is 1.99. The summed E-state index contributed by atoms with van der Waals surface area (Å²) in [4.78, 5) is 15.6. The number of carbonyl (C=O) groups excluding carboxylic acids is 1. The molecule has 1 aromatic carbocycles. The van der Waals surface area contributed by atoms with Crippen molar-refractivity contribution in [2.24, 2.45) is 0 Å². The number of carbonyl (C=O) groups is 1. The number of hydrogen-bond donors (Lipinski definition) is 2. The SMILES string of the molecule is CS(=O)(=O)c1ccc(NCC(=O)Nc2ccccn2)c(S(C)(=O)=O)c1. The molecule has 0 saturated heterocycles. The van der Waals surface area contributed by atoms with Crippen molar-refractivity contribution >= 4 is 37.1 Å². The summed E-state index contributed by atoms with van der Waals surface area (Å²) in [6, 6.07) is 8.70. The Bertz CT molecular complexity index is 987. The summed E-state index contributed by atoms with van der Waals surface area (Å²) in [5.41, 5.74) is 0.145. The van der Waals surface area contributed by atoms with E-state index in [1.54, 1.807) is 18.2 Å². The molecule has 2 N–H and O–H groups in total. The summed E-state index contributed by atoms with van der Waals surface area (Å²) >= 11 is 0. The third-order valence-electron chi connectivity index (χ3n) is 3.15. The third kappa shape index (κ3) is 5.26. The van der Waals surface area contributed by atoms with Crippen LogP contribution in [0.4, 0.5) is 11.5 Å². The first-order chi connectivity index (χ1) is 11.6. The van der Waals surface area contributed by atoms with Crippen LogP contribution in [0.1, 0.15) is 0 Å². The van der Waals surface area contributed by atoms with Crippen LogP contribution in [0.3, 0.4) is 0 Å². The standard InChI is InChI=1S/C15H17N3O5S2/c1-24(20,21)11-6-7-12(13(9-11)25(2,22)23)17-10-15(19)18-14-5-3-4-8-16-14/h3-9,17H,10H2,1-2H3,(H,16,18,19). The number of nitrogens with zero attached hydrogens (tertiary/aromatic N) is 1. The fraction of sp³-hybridized carbons (Fsp3) is 0.200. The number of aromatic nitrogens is 1. The van der Waals surface area contributed by atoms with Crippen molar-refractivity contribution < 1.29 is 21.6 Å². The number of anilines is 2. The summed E-state index contributed by atoms with van der Waals surface area (Å²) in [7, 11) is -7.25. The summed E-state index contributed by atoms with van der Waals surface area (Å²) in [6.07, 6.45) is 3.48. The van der Waals surface area contributed by atoms with E-state index in [0.29, 0.717) is 5.82 Å². The predicted molar refractivity (Wildman–Crippen MR) is 94.0 cm³/mol. The molecule has 0 bridgehead atoms. The van der Waals surface area contributed by atoms with Gasteiger partial charge in [0.1, 0.15) is 5.82 Å². The Labute approximate surface area is 146 Å². The highest BCUT2D eigenvalue weighted by Gasteiger charge is 2.18. The first-order valence-electron chi connectivity index (χ1n) is 7.06. The van der Waals surface area contributed by atoms with Crippen molar-refractivity contribution in [1.29, 1.82) is 0 Å². The molecule has 2 aromatic rings. The first-order valence-corrected chi connectivity index (χ1v) is 10.8. The van der Waals surface area contributed by atoms with Gasteiger partial charge in [-0.05, 0) is 30.3 Å². The van der Waals surface area contributed by atoms with Crippen molar-refractivity contribution in [3.63, 3.8) is 0 Å². The molecule has 1 amide bonds. The minimum Gasteiger partial charge on any atom is -0.375 e. The van der Waals surface area contributed by atoms with Gasteiger partial charge in [-0.2, -0.15) is 0 Å². The second-order valence-corrected chi connectivity index (χ2v) is 9.32. The van der Waals surface area contributed by atoms with E-state index < -0.39 is 25.6 Å². The van der Waals surface area contributed by atoms with Gasteiger partial charge in [-0.1, -0.05) is 6.07 Å². The van der Waals surface area contributed by atoms with Gasteiger partial charge in [0.15, 0.2) is 19.7 Å². The van der Waals surface area contributed by atoms with E-state index >= 15 is 0 Å². The minimum absolute atomic E-state index is 0.114. The number of pyridine rings is 1. The second kappa shape index (κ2) is 7.19. The Balaban J connectivity index is 2.20. The molecule has 0 aliphatic heterocycles. The van der Waals surface area contributed by atoms with E-state index in [1.807, 2.05) is 0 Å². The molecular formula is C15H17N3O5S2. The first kappa shape index (κ1) is 18.9. The molecule has 134 valence electrons. The lowest BCUT2D eigenvalue weighted by Crippen LogP contribution is -2.23. The average Bonchev–Trinajstić information content (AvgIpc) is 2.52. The van der Waals surface area contributed by atoms with E-state index in [9.17, 15) is 21.6 Å². The fourth-order valence-corrected chi connectivity index (χ4v) is 3.59. The van der Waals surface area contributed by atoms with Crippen LogP contribution in [-0.2, 0) is 24.5 Å². The zero-order chi connectivity index (χ0) is 18.7. The van der Waals surface area contributed by atoms with Crippen LogP contribution in [0.2, 0.25) is 0 Å². The van der Waals surface area contributed by atoms with Crippen molar-refractivity contribution in [3.05, 3.63) is 42.6 Å². The van der Waals surface area contributed by atoms with Gasteiger partial charge in [0.25, 0.3) is 0 Å². The van der Waals surface area contributed by atoms with Crippen molar-refractivity contribution in [2.45, 2.75) is 9.79 Å². The maximum absolute atomic E-state index is 11.9. The third-order valence-corrected chi connectivity index (χ3v) is 5.40. The van der Waals surface area contributed by atoms with Crippen molar-refractivity contribution in [2.75, 3.05) is 29.7 Å². The highest BCUT2D eigenvalue weighted by molar-refractivity contribution is 7.91. The highest BCUT2D eigenvalue weighted by atomic mass is 32.2. The smallest absolute Gasteiger partial charge is 0.244 e. The molecule has 10 heteroatoms. The number of amides is 1. The zero-order valence-electron chi connectivity index (χ0n) is 13.6. The number of hydrogen-bond acceptors (Lipinski definition) is 7. The second-order valence-electron chi connectivity index (χ2n) is 5.32. The maximum Gasteiger partial charge on any atom is 0.244 e. The van der Waals surface area contributed by atoms with E-state index in [1.165, 1.54) is 18.3 Å². The zero-order valence-corrected chi connectivity index (χ0v) is 15.2. The van der Waals surface area contributed by atoms with E-state index in [2.05, 4.69) is 15.6 Å². The van der Waals surface area contributed by atoms with E-state index in [-0.39, 0.29) is 22.0 Å². The molecule has 1 aromatic heterocycles. The van der Waals surface area contributed by atoms with Gasteiger partial charge in [-0.3, -0.25) is 4.79 Å². The van der Waals surface area contributed by atoms with Crippen LogP contribution in [-0.4, -0.2) is 46.8 Å². The number of nitrogens with one attached hydrogen (secondary N) is 2. The number of rotatable bonds is 6. The molecule has 0 unspecified atom stereocenters. The summed E-state index contributed by atoms with van der Waals surface area (Å²) in [5.74, 6) is -0.0598. The summed E-state index contributed by atoms with van der Waals surface area (Å²) in [6.45, 7) is -0.211. The quantitative estimate of drug-likeness (QED) is 0.761. The Morgan fingerprint density at radius 3 is 2.32 bits per heavy atom. The molecule has 0 aliphatic rings. The Morgan fingerprint density at radius 1 is 1.04 bits per heavy atom. The Morgan fingerprint density at radius 2 is 1.76 bits per heavy atom. The number of benzene rings is 1. The molecule has 0 radical (unpaired) electrons. The van der Waals surface area contributed by atoms with Crippen LogP contribution in [0.5, 0.6) is 0 Å². The van der Waals surface area contributed by atoms with Gasteiger partial charge >= 0.3 is 0 Å². The van der Waals surface area contributed by atoms with Crippen molar-refractivity contribution in [3.8, 4) is 0 Å². The highest BCUT2D eigenvalue weighted by Crippen LogP contribution is 2.25. The van der Waals surface area contributed by atoms with Crippen LogP contribution < -0.4 is 10.6 Å². The lowest BCUT2D eigenvalue weighted by Gasteiger charge is -2.12. The summed E-state index contributed by atoms with van der Waals surface area (Å²) < 4.78 is 47.1. The largest absolute Gasteiger partial charge is 0.375 e.